The molecule has 182 valence electrons. The number of methoxy groups -OCH3 is 1. The van der Waals surface area contributed by atoms with Crippen molar-refractivity contribution in [3.8, 4) is 17.0 Å². The van der Waals surface area contributed by atoms with Gasteiger partial charge in [0.1, 0.15) is 17.0 Å². The molecule has 0 unspecified atom stereocenters. The van der Waals surface area contributed by atoms with Crippen LogP contribution in [0.15, 0.2) is 73.1 Å². The number of para-hydroxylation sites is 1. The average molecular weight is 488 g/mol. The van der Waals surface area contributed by atoms with Crippen molar-refractivity contribution in [2.75, 3.05) is 12.4 Å². The Bertz CT molecular complexity index is 1540. The minimum absolute atomic E-state index is 0.00490. The molecule has 0 atom stereocenters. The molecule has 0 aliphatic carbocycles. The van der Waals surface area contributed by atoms with Gasteiger partial charge in [0.2, 0.25) is 0 Å². The van der Waals surface area contributed by atoms with Crippen LogP contribution in [0.25, 0.3) is 16.9 Å². The van der Waals surface area contributed by atoms with E-state index in [2.05, 4.69) is 20.5 Å². The van der Waals surface area contributed by atoms with E-state index in [1.54, 1.807) is 41.2 Å². The molecular weight excluding hydrogens is 466 g/mol. The summed E-state index contributed by atoms with van der Waals surface area (Å²) in [6.45, 7) is 2.55. The Hall–Kier alpha value is -4.60. The summed E-state index contributed by atoms with van der Waals surface area (Å²) in [5, 5.41) is 11.1. The predicted molar refractivity (Wildman–Crippen MR) is 130 cm³/mol. The maximum Gasteiger partial charge on any atom is 0.280 e. The Balaban J connectivity index is 1.45. The molecular formula is C26H22F2N6O2. The van der Waals surface area contributed by atoms with E-state index in [0.717, 1.165) is 15.6 Å². The number of hydrogen-bond donors (Lipinski definition) is 1. The minimum Gasteiger partial charge on any atom is -0.496 e. The number of fused-ring (bicyclic) bond motifs is 1. The summed E-state index contributed by atoms with van der Waals surface area (Å²) in [6.07, 6.45) is 0.134. The molecule has 1 amide bonds. The third-order valence-corrected chi connectivity index (χ3v) is 5.70. The number of ether oxygens (including phenoxy) is 1. The van der Waals surface area contributed by atoms with Gasteiger partial charge < -0.3 is 10.1 Å². The maximum atomic E-state index is 13.9. The number of halogens is 2. The van der Waals surface area contributed by atoms with Gasteiger partial charge >= 0.3 is 0 Å². The van der Waals surface area contributed by atoms with Gasteiger partial charge in [0.15, 0.2) is 11.5 Å². The Morgan fingerprint density at radius 3 is 2.64 bits per heavy atom. The van der Waals surface area contributed by atoms with Crippen LogP contribution in [-0.4, -0.2) is 37.4 Å². The predicted octanol–water partition coefficient (Wildman–Crippen LogP) is 5.15. The van der Waals surface area contributed by atoms with Crippen LogP contribution in [0.2, 0.25) is 0 Å². The standard InChI is InChI=1S/C26H22F2N6O2/c1-16-7-9-17(10-8-16)15-33-12-11-23(32-33)31-26(35)19-14-29-34-21(24(27)28)13-20(30-25(19)34)18-5-3-4-6-22(18)36-2/h3-14,24H,15H2,1-2H3,(H,31,32,35). The molecule has 0 fully saturated rings. The van der Waals surface area contributed by atoms with Crippen LogP contribution in [0.4, 0.5) is 14.6 Å². The highest BCUT2D eigenvalue weighted by Gasteiger charge is 2.23. The summed E-state index contributed by atoms with van der Waals surface area (Å²) in [6, 6.07) is 17.9. The van der Waals surface area contributed by atoms with E-state index in [-0.39, 0.29) is 22.6 Å². The molecule has 0 saturated heterocycles. The summed E-state index contributed by atoms with van der Waals surface area (Å²) in [4.78, 5) is 17.6. The molecule has 1 N–H and O–H groups in total. The summed E-state index contributed by atoms with van der Waals surface area (Å²) in [7, 11) is 1.49. The average Bonchev–Trinajstić information content (AvgIpc) is 3.51. The lowest BCUT2D eigenvalue weighted by molar-refractivity contribution is 0.102. The number of nitrogens with one attached hydrogen (secondary N) is 1. The monoisotopic (exact) mass is 488 g/mol. The lowest BCUT2D eigenvalue weighted by atomic mass is 10.1. The van der Waals surface area contributed by atoms with E-state index >= 15 is 0 Å². The number of aromatic nitrogens is 5. The van der Waals surface area contributed by atoms with Crippen LogP contribution in [-0.2, 0) is 6.54 Å². The zero-order chi connectivity index (χ0) is 25.2. The second kappa shape index (κ2) is 9.57. The van der Waals surface area contributed by atoms with Crippen LogP contribution in [0.1, 0.15) is 33.6 Å². The van der Waals surface area contributed by atoms with Gasteiger partial charge in [-0.2, -0.15) is 10.2 Å². The summed E-state index contributed by atoms with van der Waals surface area (Å²) < 4.78 is 35.8. The Morgan fingerprint density at radius 1 is 1.11 bits per heavy atom. The number of benzene rings is 2. The molecule has 36 heavy (non-hydrogen) atoms. The summed E-state index contributed by atoms with van der Waals surface area (Å²) in [5.41, 5.74) is 2.66. The number of hydrogen-bond acceptors (Lipinski definition) is 5. The molecule has 0 aliphatic heterocycles. The molecule has 8 nitrogen and oxygen atoms in total. The van der Waals surface area contributed by atoms with Crippen molar-refractivity contribution < 1.29 is 18.3 Å². The fourth-order valence-corrected chi connectivity index (χ4v) is 3.88. The van der Waals surface area contributed by atoms with Crippen molar-refractivity contribution >= 4 is 17.4 Å². The van der Waals surface area contributed by atoms with E-state index in [1.165, 1.54) is 19.4 Å². The summed E-state index contributed by atoms with van der Waals surface area (Å²) in [5.74, 6) is 0.233. The molecule has 0 radical (unpaired) electrons. The number of amides is 1. The van der Waals surface area contributed by atoms with E-state index in [0.29, 0.717) is 23.7 Å². The van der Waals surface area contributed by atoms with E-state index in [1.807, 2.05) is 31.2 Å². The first-order chi connectivity index (χ1) is 17.4. The number of alkyl halides is 2. The van der Waals surface area contributed by atoms with Crippen molar-refractivity contribution in [1.82, 2.24) is 24.4 Å². The highest BCUT2D eigenvalue weighted by Crippen LogP contribution is 2.32. The molecule has 3 aromatic heterocycles. The van der Waals surface area contributed by atoms with Crippen LogP contribution in [0.5, 0.6) is 5.75 Å². The van der Waals surface area contributed by atoms with Crippen molar-refractivity contribution in [3.05, 3.63) is 95.4 Å². The van der Waals surface area contributed by atoms with Crippen LogP contribution < -0.4 is 10.1 Å². The van der Waals surface area contributed by atoms with Gasteiger partial charge in [-0.25, -0.2) is 18.3 Å². The van der Waals surface area contributed by atoms with Crippen LogP contribution >= 0.6 is 0 Å². The van der Waals surface area contributed by atoms with Crippen molar-refractivity contribution in [2.24, 2.45) is 0 Å². The van der Waals surface area contributed by atoms with E-state index in [9.17, 15) is 13.6 Å². The third kappa shape index (κ3) is 4.52. The Kier molecular flexibility index (Phi) is 6.16. The molecule has 2 aromatic carbocycles. The normalized spacial score (nSPS) is 11.2. The molecule has 10 heteroatoms. The van der Waals surface area contributed by atoms with Crippen LogP contribution in [0.3, 0.4) is 0 Å². The first kappa shape index (κ1) is 23.2. The van der Waals surface area contributed by atoms with Gasteiger partial charge in [-0.05, 0) is 30.7 Å². The fourth-order valence-electron chi connectivity index (χ4n) is 3.88. The second-order valence-corrected chi connectivity index (χ2v) is 8.20. The SMILES string of the molecule is COc1ccccc1-c1cc(C(F)F)n2ncc(C(=O)Nc3ccn(Cc4ccc(C)cc4)n3)c2n1. The molecule has 3 heterocycles. The minimum atomic E-state index is -2.84. The van der Waals surface area contributed by atoms with Gasteiger partial charge in [0.05, 0.1) is 25.5 Å². The van der Waals surface area contributed by atoms with Crippen molar-refractivity contribution in [2.45, 2.75) is 19.9 Å². The smallest absolute Gasteiger partial charge is 0.280 e. The Morgan fingerprint density at radius 2 is 1.89 bits per heavy atom. The topological polar surface area (TPSA) is 86.3 Å². The highest BCUT2D eigenvalue weighted by atomic mass is 19.3. The van der Waals surface area contributed by atoms with Gasteiger partial charge in [-0.15, -0.1) is 0 Å². The molecule has 0 bridgehead atoms. The van der Waals surface area contributed by atoms with E-state index in [4.69, 9.17) is 4.74 Å². The maximum absolute atomic E-state index is 13.9. The molecule has 5 aromatic rings. The van der Waals surface area contributed by atoms with Crippen LogP contribution in [0, 0.1) is 6.92 Å². The molecule has 0 spiro atoms. The zero-order valence-corrected chi connectivity index (χ0v) is 19.5. The Labute approximate surface area is 205 Å². The van der Waals surface area contributed by atoms with Gasteiger partial charge in [0, 0.05) is 17.8 Å². The highest BCUT2D eigenvalue weighted by molar-refractivity contribution is 6.07. The first-order valence-electron chi connectivity index (χ1n) is 11.1. The lowest BCUT2D eigenvalue weighted by Crippen LogP contribution is -2.13. The number of anilines is 1. The number of nitrogens with zero attached hydrogens (tertiary/aromatic N) is 5. The summed E-state index contributed by atoms with van der Waals surface area (Å²) >= 11 is 0. The largest absolute Gasteiger partial charge is 0.496 e. The van der Waals surface area contributed by atoms with Gasteiger partial charge in [0.25, 0.3) is 12.3 Å². The van der Waals surface area contributed by atoms with Crippen molar-refractivity contribution in [1.29, 1.82) is 0 Å². The quantitative estimate of drug-likeness (QED) is 0.343. The van der Waals surface area contributed by atoms with E-state index < -0.39 is 12.3 Å². The van der Waals surface area contributed by atoms with Crippen molar-refractivity contribution in [3.63, 3.8) is 0 Å². The second-order valence-electron chi connectivity index (χ2n) is 8.20. The first-order valence-corrected chi connectivity index (χ1v) is 11.1. The zero-order valence-electron chi connectivity index (χ0n) is 19.5. The molecule has 0 aliphatic rings. The van der Waals surface area contributed by atoms with Gasteiger partial charge in [-0.1, -0.05) is 42.0 Å². The number of aryl methyl sites for hydroxylation is 1. The molecule has 0 saturated carbocycles. The number of carbonyl (C=O) groups is 1. The third-order valence-electron chi connectivity index (χ3n) is 5.70. The lowest BCUT2D eigenvalue weighted by Gasteiger charge is -2.11. The number of carbonyl (C=O) groups excluding carboxylic acids is 1. The number of rotatable bonds is 7. The fraction of sp³-hybridized carbons (Fsp3) is 0.154. The van der Waals surface area contributed by atoms with Gasteiger partial charge in [-0.3, -0.25) is 9.48 Å². The molecule has 5 rings (SSSR count).